The smallest absolute Gasteiger partial charge is 0.269 e. The SMILES string of the molecule is Cc1ccc(N=c2scc(-c3ccc4c(c3)NC(=O)CO4)n2N=Cc2ccc([N+](=O)[O-])cc2)c(C)c1. The second kappa shape index (κ2) is 9.59. The lowest BCUT2D eigenvalue weighted by molar-refractivity contribution is -0.384. The number of carbonyl (C=O) groups excluding carboxylic acids is 1. The van der Waals surface area contributed by atoms with Gasteiger partial charge in [0.15, 0.2) is 6.61 Å². The average molecular weight is 500 g/mol. The molecule has 0 fully saturated rings. The second-order valence-corrected chi connectivity index (χ2v) is 9.09. The number of hydrogen-bond acceptors (Lipinski definition) is 7. The van der Waals surface area contributed by atoms with Gasteiger partial charge in [-0.1, -0.05) is 17.7 Å². The number of thiazole rings is 1. The van der Waals surface area contributed by atoms with Crippen molar-refractivity contribution in [1.82, 2.24) is 4.68 Å². The number of rotatable bonds is 5. The number of hydrogen-bond donors (Lipinski definition) is 1. The van der Waals surface area contributed by atoms with Crippen molar-refractivity contribution in [1.29, 1.82) is 0 Å². The van der Waals surface area contributed by atoms with Crippen molar-refractivity contribution < 1.29 is 14.5 Å². The van der Waals surface area contributed by atoms with Crippen molar-refractivity contribution in [3.8, 4) is 17.0 Å². The number of carbonyl (C=O) groups is 1. The highest BCUT2D eigenvalue weighted by Gasteiger charge is 2.18. The molecule has 1 N–H and O–H groups in total. The Labute approximate surface area is 210 Å². The van der Waals surface area contributed by atoms with Crippen LogP contribution in [0.25, 0.3) is 11.3 Å². The van der Waals surface area contributed by atoms with Gasteiger partial charge >= 0.3 is 0 Å². The van der Waals surface area contributed by atoms with Crippen LogP contribution in [0.3, 0.4) is 0 Å². The Morgan fingerprint density at radius 3 is 2.67 bits per heavy atom. The Hall–Kier alpha value is -4.57. The van der Waals surface area contributed by atoms with Gasteiger partial charge in [-0.2, -0.15) is 5.10 Å². The third-order valence-corrected chi connectivity index (χ3v) is 6.40. The van der Waals surface area contributed by atoms with Gasteiger partial charge in [0.05, 0.1) is 28.2 Å². The van der Waals surface area contributed by atoms with E-state index >= 15 is 0 Å². The molecule has 0 bridgehead atoms. The lowest BCUT2D eigenvalue weighted by Gasteiger charge is -2.18. The Kier molecular flexibility index (Phi) is 6.17. The molecule has 1 aliphatic heterocycles. The standard InChI is InChI=1S/C26H21N5O4S/c1-16-3-9-21(17(2)11-16)29-26-30(27-13-18-4-7-20(8-5-18)31(33)34)23(15-36-26)19-6-10-24-22(12-19)28-25(32)14-35-24/h3-13,15H,14H2,1-2H3,(H,28,32). The van der Waals surface area contributed by atoms with Crippen molar-refractivity contribution >= 4 is 40.5 Å². The molecule has 3 aromatic carbocycles. The van der Waals surface area contributed by atoms with Gasteiger partial charge in [-0.25, -0.2) is 9.67 Å². The molecule has 1 aliphatic rings. The van der Waals surface area contributed by atoms with E-state index in [1.807, 2.05) is 49.6 Å². The van der Waals surface area contributed by atoms with Gasteiger partial charge in [0, 0.05) is 23.1 Å². The quantitative estimate of drug-likeness (QED) is 0.231. The van der Waals surface area contributed by atoms with Crippen LogP contribution in [0, 0.1) is 24.0 Å². The Morgan fingerprint density at radius 1 is 1.11 bits per heavy atom. The first-order valence-corrected chi connectivity index (χ1v) is 11.9. The molecule has 0 unspecified atom stereocenters. The predicted octanol–water partition coefficient (Wildman–Crippen LogP) is 5.19. The molecule has 2 heterocycles. The van der Waals surface area contributed by atoms with Crippen molar-refractivity contribution in [3.63, 3.8) is 0 Å². The van der Waals surface area contributed by atoms with E-state index in [1.54, 1.807) is 23.0 Å². The summed E-state index contributed by atoms with van der Waals surface area (Å²) < 4.78 is 7.20. The van der Waals surface area contributed by atoms with Crippen LogP contribution in [0.1, 0.15) is 16.7 Å². The van der Waals surface area contributed by atoms with Crippen LogP contribution in [0.2, 0.25) is 0 Å². The predicted molar refractivity (Wildman–Crippen MR) is 139 cm³/mol. The third-order valence-electron chi connectivity index (χ3n) is 5.59. The molecule has 180 valence electrons. The van der Waals surface area contributed by atoms with Crippen LogP contribution in [-0.2, 0) is 4.79 Å². The molecule has 0 saturated heterocycles. The number of anilines is 1. The molecule has 10 heteroatoms. The molecule has 0 radical (unpaired) electrons. The maximum absolute atomic E-state index is 11.8. The Morgan fingerprint density at radius 2 is 1.92 bits per heavy atom. The van der Waals surface area contributed by atoms with Crippen molar-refractivity contribution in [2.45, 2.75) is 13.8 Å². The van der Waals surface area contributed by atoms with Crippen LogP contribution < -0.4 is 14.9 Å². The summed E-state index contributed by atoms with van der Waals surface area (Å²) in [5, 5.41) is 20.4. The summed E-state index contributed by atoms with van der Waals surface area (Å²) in [4.78, 5) is 27.8. The summed E-state index contributed by atoms with van der Waals surface area (Å²) >= 11 is 1.43. The molecule has 4 aromatic rings. The van der Waals surface area contributed by atoms with Crippen molar-refractivity contribution in [3.05, 3.63) is 97.6 Å². The van der Waals surface area contributed by atoms with E-state index in [0.29, 0.717) is 21.8 Å². The number of benzene rings is 3. The second-order valence-electron chi connectivity index (χ2n) is 8.26. The average Bonchev–Trinajstić information content (AvgIpc) is 3.26. The summed E-state index contributed by atoms with van der Waals surface area (Å²) in [6.45, 7) is 4.04. The number of fused-ring (bicyclic) bond motifs is 1. The van der Waals surface area contributed by atoms with E-state index in [0.717, 1.165) is 28.1 Å². The molecule has 0 saturated carbocycles. The minimum atomic E-state index is -0.438. The van der Waals surface area contributed by atoms with E-state index in [-0.39, 0.29) is 18.2 Å². The van der Waals surface area contributed by atoms with E-state index in [1.165, 1.54) is 23.5 Å². The number of nitrogens with one attached hydrogen (secondary N) is 1. The molecule has 9 nitrogen and oxygen atoms in total. The van der Waals surface area contributed by atoms with E-state index in [4.69, 9.17) is 9.73 Å². The first kappa shape index (κ1) is 23.2. The van der Waals surface area contributed by atoms with Gasteiger partial charge in [-0.3, -0.25) is 14.9 Å². The highest BCUT2D eigenvalue weighted by Crippen LogP contribution is 2.33. The molecular weight excluding hydrogens is 478 g/mol. The monoisotopic (exact) mass is 499 g/mol. The first-order valence-electron chi connectivity index (χ1n) is 11.1. The van der Waals surface area contributed by atoms with Crippen LogP contribution >= 0.6 is 11.3 Å². The zero-order valence-electron chi connectivity index (χ0n) is 19.5. The molecule has 5 rings (SSSR count). The number of ether oxygens (including phenoxy) is 1. The first-order chi connectivity index (χ1) is 17.4. The van der Waals surface area contributed by atoms with Crippen LogP contribution in [0.15, 0.2) is 76.1 Å². The van der Waals surface area contributed by atoms with Gasteiger partial charge in [0.25, 0.3) is 11.6 Å². The van der Waals surface area contributed by atoms with Crippen molar-refractivity contribution in [2.75, 3.05) is 11.9 Å². The largest absolute Gasteiger partial charge is 0.482 e. The fourth-order valence-corrected chi connectivity index (χ4v) is 4.62. The molecular formula is C26H21N5O4S. The zero-order chi connectivity index (χ0) is 25.2. The van der Waals surface area contributed by atoms with Gasteiger partial charge in [-0.05, 0) is 61.4 Å². The summed E-state index contributed by atoms with van der Waals surface area (Å²) in [5.74, 6) is 0.397. The van der Waals surface area contributed by atoms with Crippen LogP contribution in [0.5, 0.6) is 5.75 Å². The lowest BCUT2D eigenvalue weighted by Crippen LogP contribution is -2.25. The fraction of sp³-hybridized carbons (Fsp3) is 0.115. The van der Waals surface area contributed by atoms with E-state index in [2.05, 4.69) is 16.5 Å². The van der Waals surface area contributed by atoms with Gasteiger partial charge in [0.2, 0.25) is 4.80 Å². The number of non-ortho nitro benzene ring substituents is 1. The summed E-state index contributed by atoms with van der Waals surface area (Å²) in [6, 6.07) is 17.8. The maximum Gasteiger partial charge on any atom is 0.269 e. The number of amides is 1. The van der Waals surface area contributed by atoms with E-state index in [9.17, 15) is 14.9 Å². The number of nitrogens with zero attached hydrogens (tertiary/aromatic N) is 4. The minimum absolute atomic E-state index is 0.0107. The highest BCUT2D eigenvalue weighted by molar-refractivity contribution is 7.07. The molecule has 36 heavy (non-hydrogen) atoms. The number of nitro groups is 1. The van der Waals surface area contributed by atoms with Gasteiger partial charge in [-0.15, -0.1) is 11.3 Å². The normalized spacial score (nSPS) is 13.4. The van der Waals surface area contributed by atoms with Crippen molar-refractivity contribution in [2.24, 2.45) is 10.1 Å². The minimum Gasteiger partial charge on any atom is -0.482 e. The van der Waals surface area contributed by atoms with Crippen LogP contribution in [-0.4, -0.2) is 28.3 Å². The summed E-state index contributed by atoms with van der Waals surface area (Å²) in [5.41, 5.74) is 5.93. The molecule has 0 spiro atoms. The maximum atomic E-state index is 11.8. The van der Waals surface area contributed by atoms with E-state index < -0.39 is 4.92 Å². The number of nitro benzene ring substituents is 1. The molecule has 0 atom stereocenters. The van der Waals surface area contributed by atoms with Crippen LogP contribution in [0.4, 0.5) is 17.1 Å². The van der Waals surface area contributed by atoms with Gasteiger partial charge in [0.1, 0.15) is 5.75 Å². The lowest BCUT2D eigenvalue weighted by atomic mass is 10.1. The third kappa shape index (κ3) is 4.80. The molecule has 0 aliphatic carbocycles. The van der Waals surface area contributed by atoms with Gasteiger partial charge < -0.3 is 10.1 Å². The molecule has 1 aromatic heterocycles. The number of aryl methyl sites for hydroxylation is 2. The fourth-order valence-electron chi connectivity index (χ4n) is 3.77. The number of aromatic nitrogens is 1. The summed E-state index contributed by atoms with van der Waals surface area (Å²) in [7, 11) is 0. The summed E-state index contributed by atoms with van der Waals surface area (Å²) in [6.07, 6.45) is 1.63. The molecule has 1 amide bonds. The topological polar surface area (TPSA) is 111 Å². The highest BCUT2D eigenvalue weighted by atomic mass is 32.1. The Balaban J connectivity index is 1.61. The Bertz CT molecular complexity index is 1580. The zero-order valence-corrected chi connectivity index (χ0v) is 20.3.